The maximum Gasteiger partial charge on any atom is 0.260 e. The summed E-state index contributed by atoms with van der Waals surface area (Å²) in [6.07, 6.45) is 5.63. The van der Waals surface area contributed by atoms with Crippen LogP contribution in [-0.2, 0) is 4.79 Å². The number of rotatable bonds is 1. The molecule has 0 saturated carbocycles. The van der Waals surface area contributed by atoms with Gasteiger partial charge in [-0.1, -0.05) is 18.2 Å². The number of para-hydroxylation sites is 1. The van der Waals surface area contributed by atoms with E-state index >= 15 is 0 Å². The van der Waals surface area contributed by atoms with E-state index < -0.39 is 0 Å². The largest absolute Gasteiger partial charge is 0.311 e. The molecule has 1 aromatic rings. The highest BCUT2D eigenvalue weighted by Gasteiger charge is 2.28. The fourth-order valence-corrected chi connectivity index (χ4v) is 2.81. The van der Waals surface area contributed by atoms with Crippen LogP contribution in [0.1, 0.15) is 5.56 Å². The van der Waals surface area contributed by atoms with Gasteiger partial charge in [-0.2, -0.15) is 0 Å². The topological polar surface area (TPSA) is 32.7 Å². The standard InChI is InChI=1S/C13H14N2OS2/c1-15-11-7-5-4-6-9(11)10(12(15)16)8-14-13(17-2)18-3/h4-8H,1-3H3/b10-8+. The Morgan fingerprint density at radius 2 is 1.94 bits per heavy atom. The Kier molecular flexibility index (Phi) is 4.14. The lowest BCUT2D eigenvalue weighted by Gasteiger charge is -2.07. The molecule has 1 aromatic carbocycles. The molecular formula is C13H14N2OS2. The van der Waals surface area contributed by atoms with Gasteiger partial charge in [-0.3, -0.25) is 4.79 Å². The van der Waals surface area contributed by atoms with Crippen LogP contribution in [0.25, 0.3) is 5.57 Å². The predicted molar refractivity (Wildman–Crippen MR) is 82.3 cm³/mol. The van der Waals surface area contributed by atoms with E-state index in [2.05, 4.69) is 4.99 Å². The lowest BCUT2D eigenvalue weighted by Crippen LogP contribution is -2.20. The van der Waals surface area contributed by atoms with E-state index in [1.54, 1.807) is 41.7 Å². The molecule has 94 valence electrons. The van der Waals surface area contributed by atoms with E-state index in [4.69, 9.17) is 0 Å². The minimum absolute atomic E-state index is 0.00139. The summed E-state index contributed by atoms with van der Waals surface area (Å²) in [6.45, 7) is 0. The lowest BCUT2D eigenvalue weighted by atomic mass is 10.1. The molecule has 0 saturated heterocycles. The number of hydrogen-bond donors (Lipinski definition) is 0. The van der Waals surface area contributed by atoms with Gasteiger partial charge in [0, 0.05) is 18.8 Å². The average Bonchev–Trinajstić information content (AvgIpc) is 2.65. The van der Waals surface area contributed by atoms with Crippen molar-refractivity contribution in [2.24, 2.45) is 4.99 Å². The highest BCUT2D eigenvalue weighted by Crippen LogP contribution is 2.35. The van der Waals surface area contributed by atoms with Crippen LogP contribution in [-0.4, -0.2) is 29.8 Å². The third kappa shape index (κ3) is 2.33. The van der Waals surface area contributed by atoms with E-state index in [9.17, 15) is 4.79 Å². The molecule has 5 heteroatoms. The van der Waals surface area contributed by atoms with Crippen molar-refractivity contribution in [1.29, 1.82) is 0 Å². The van der Waals surface area contributed by atoms with Gasteiger partial charge in [0.1, 0.15) is 4.38 Å². The van der Waals surface area contributed by atoms with E-state index in [0.717, 1.165) is 15.6 Å². The van der Waals surface area contributed by atoms with Crippen LogP contribution < -0.4 is 4.90 Å². The maximum absolute atomic E-state index is 12.1. The van der Waals surface area contributed by atoms with Gasteiger partial charge < -0.3 is 4.90 Å². The SMILES string of the molecule is CSC(=N/C=C1/C(=O)N(C)c2ccccc21)SC. The van der Waals surface area contributed by atoms with Gasteiger partial charge in [-0.05, 0) is 18.6 Å². The fourth-order valence-electron chi connectivity index (χ4n) is 1.83. The van der Waals surface area contributed by atoms with Crippen LogP contribution in [0.2, 0.25) is 0 Å². The minimum atomic E-state index is 0.00139. The van der Waals surface area contributed by atoms with E-state index in [-0.39, 0.29) is 5.91 Å². The van der Waals surface area contributed by atoms with Crippen molar-refractivity contribution in [3.8, 4) is 0 Å². The quantitative estimate of drug-likeness (QED) is 0.449. The van der Waals surface area contributed by atoms with E-state index in [0.29, 0.717) is 5.57 Å². The zero-order chi connectivity index (χ0) is 13.1. The first kappa shape index (κ1) is 13.2. The molecule has 1 aliphatic rings. The smallest absolute Gasteiger partial charge is 0.260 e. The molecule has 0 aromatic heterocycles. The number of hydrogen-bond acceptors (Lipinski definition) is 4. The first-order valence-electron chi connectivity index (χ1n) is 5.42. The minimum Gasteiger partial charge on any atom is -0.311 e. The average molecular weight is 278 g/mol. The van der Waals surface area contributed by atoms with Crippen LogP contribution in [0.3, 0.4) is 0 Å². The van der Waals surface area contributed by atoms with Crippen LogP contribution in [0.5, 0.6) is 0 Å². The Hall–Kier alpha value is -1.20. The third-order valence-electron chi connectivity index (χ3n) is 2.74. The normalized spacial score (nSPS) is 16.1. The molecule has 2 rings (SSSR count). The van der Waals surface area contributed by atoms with Crippen LogP contribution in [0.15, 0.2) is 35.5 Å². The molecule has 0 atom stereocenters. The summed E-state index contributed by atoms with van der Waals surface area (Å²) in [5.74, 6) is 0.00139. The molecule has 1 amide bonds. The summed E-state index contributed by atoms with van der Waals surface area (Å²) in [4.78, 5) is 18.1. The van der Waals surface area contributed by atoms with Crippen molar-refractivity contribution in [1.82, 2.24) is 0 Å². The molecule has 1 heterocycles. The first-order valence-corrected chi connectivity index (χ1v) is 7.87. The van der Waals surface area contributed by atoms with Crippen molar-refractivity contribution in [2.75, 3.05) is 24.5 Å². The number of anilines is 1. The number of benzene rings is 1. The Labute approximate surface area is 115 Å². The molecule has 0 radical (unpaired) electrons. The Balaban J connectivity index is 2.43. The van der Waals surface area contributed by atoms with Gasteiger partial charge in [-0.15, -0.1) is 23.5 Å². The summed E-state index contributed by atoms with van der Waals surface area (Å²) >= 11 is 3.16. The second-order valence-electron chi connectivity index (χ2n) is 3.73. The molecular weight excluding hydrogens is 264 g/mol. The molecule has 0 aliphatic carbocycles. The molecule has 0 N–H and O–H groups in total. The Morgan fingerprint density at radius 3 is 2.61 bits per heavy atom. The van der Waals surface area contributed by atoms with Gasteiger partial charge in [0.25, 0.3) is 5.91 Å². The molecule has 1 aliphatic heterocycles. The van der Waals surface area contributed by atoms with Crippen LogP contribution >= 0.6 is 23.5 Å². The zero-order valence-electron chi connectivity index (χ0n) is 10.5. The summed E-state index contributed by atoms with van der Waals surface area (Å²) < 4.78 is 0.947. The van der Waals surface area contributed by atoms with Crippen molar-refractivity contribution in [3.63, 3.8) is 0 Å². The lowest BCUT2D eigenvalue weighted by molar-refractivity contribution is -0.112. The van der Waals surface area contributed by atoms with E-state index in [1.807, 2.05) is 36.8 Å². The molecule has 0 bridgehead atoms. The van der Waals surface area contributed by atoms with Crippen LogP contribution in [0, 0.1) is 0 Å². The zero-order valence-corrected chi connectivity index (χ0v) is 12.1. The van der Waals surface area contributed by atoms with Crippen molar-refractivity contribution >= 4 is 45.1 Å². The number of carbonyl (C=O) groups is 1. The highest BCUT2D eigenvalue weighted by atomic mass is 32.2. The fraction of sp³-hybridized carbons (Fsp3) is 0.231. The third-order valence-corrected chi connectivity index (χ3v) is 4.65. The Bertz CT molecular complexity index is 532. The Morgan fingerprint density at radius 1 is 1.28 bits per heavy atom. The van der Waals surface area contributed by atoms with E-state index in [1.165, 1.54) is 0 Å². The monoisotopic (exact) mass is 278 g/mol. The summed E-state index contributed by atoms with van der Waals surface area (Å²) in [6, 6.07) is 7.77. The predicted octanol–water partition coefficient (Wildman–Crippen LogP) is 3.09. The molecule has 3 nitrogen and oxygen atoms in total. The van der Waals surface area contributed by atoms with Crippen molar-refractivity contribution in [2.45, 2.75) is 0 Å². The van der Waals surface area contributed by atoms with Gasteiger partial charge in [0.15, 0.2) is 0 Å². The first-order chi connectivity index (χ1) is 8.69. The molecule has 0 fully saturated rings. The highest BCUT2D eigenvalue weighted by molar-refractivity contribution is 8.38. The number of fused-ring (bicyclic) bond motifs is 1. The van der Waals surface area contributed by atoms with Crippen LogP contribution in [0.4, 0.5) is 5.69 Å². The molecule has 0 spiro atoms. The maximum atomic E-state index is 12.1. The van der Waals surface area contributed by atoms with Gasteiger partial charge >= 0.3 is 0 Å². The number of likely N-dealkylation sites (N-methyl/N-ethyl adjacent to an activating group) is 1. The summed E-state index contributed by atoms with van der Waals surface area (Å²) in [7, 11) is 1.79. The molecule has 0 unspecified atom stereocenters. The second kappa shape index (κ2) is 5.63. The summed E-state index contributed by atoms with van der Waals surface area (Å²) in [5.41, 5.74) is 2.56. The summed E-state index contributed by atoms with van der Waals surface area (Å²) in [5, 5.41) is 0. The number of thioether (sulfide) groups is 2. The van der Waals surface area contributed by atoms with Gasteiger partial charge in [0.2, 0.25) is 0 Å². The van der Waals surface area contributed by atoms with Gasteiger partial charge in [-0.25, -0.2) is 4.99 Å². The van der Waals surface area contributed by atoms with Crippen molar-refractivity contribution < 1.29 is 4.79 Å². The number of nitrogens with zero attached hydrogens (tertiary/aromatic N) is 2. The number of carbonyl (C=O) groups excluding carboxylic acids is 1. The number of aliphatic imine (C=N–C) groups is 1. The van der Waals surface area contributed by atoms with Gasteiger partial charge in [0.05, 0.1) is 11.3 Å². The second-order valence-corrected chi connectivity index (χ2v) is 5.58. The number of amides is 1. The van der Waals surface area contributed by atoms with Crippen molar-refractivity contribution in [3.05, 3.63) is 36.0 Å². The molecule has 18 heavy (non-hydrogen) atoms.